The SMILES string of the molecule is CCNC(=NCc1ccc(C(=O)OC)c(OC)c1)NC1CCN(c2ncccc2F)C1.I. The van der Waals surface area contributed by atoms with E-state index in [1.165, 1.54) is 20.3 Å². The highest BCUT2D eigenvalue weighted by atomic mass is 127. The van der Waals surface area contributed by atoms with Gasteiger partial charge in [0.05, 0.1) is 20.8 Å². The number of anilines is 1. The van der Waals surface area contributed by atoms with Crippen molar-refractivity contribution in [1.29, 1.82) is 0 Å². The summed E-state index contributed by atoms with van der Waals surface area (Å²) in [5.74, 6) is 0.741. The second kappa shape index (κ2) is 12.4. The van der Waals surface area contributed by atoms with Crippen molar-refractivity contribution in [2.75, 3.05) is 38.8 Å². The van der Waals surface area contributed by atoms with E-state index in [4.69, 9.17) is 9.47 Å². The third kappa shape index (κ3) is 6.44. The van der Waals surface area contributed by atoms with E-state index in [0.717, 1.165) is 18.5 Å². The summed E-state index contributed by atoms with van der Waals surface area (Å²) < 4.78 is 24.1. The second-order valence-electron chi connectivity index (χ2n) is 7.11. The molecule has 0 saturated carbocycles. The van der Waals surface area contributed by atoms with Gasteiger partial charge in [-0.3, -0.25) is 0 Å². The van der Waals surface area contributed by atoms with Crippen molar-refractivity contribution in [2.24, 2.45) is 4.99 Å². The molecule has 2 aromatic rings. The molecule has 0 aliphatic carbocycles. The van der Waals surface area contributed by atoms with E-state index in [1.807, 2.05) is 17.9 Å². The van der Waals surface area contributed by atoms with Crippen LogP contribution in [-0.2, 0) is 11.3 Å². The number of aromatic nitrogens is 1. The number of nitrogens with zero attached hydrogens (tertiary/aromatic N) is 3. The van der Waals surface area contributed by atoms with Crippen LogP contribution in [0.4, 0.5) is 10.2 Å². The number of ether oxygens (including phenoxy) is 2. The fourth-order valence-electron chi connectivity index (χ4n) is 3.48. The first kappa shape index (κ1) is 25.6. The van der Waals surface area contributed by atoms with Crippen LogP contribution in [0.25, 0.3) is 0 Å². The maximum atomic E-state index is 14.0. The van der Waals surface area contributed by atoms with Gasteiger partial charge in [0.2, 0.25) is 0 Å². The Morgan fingerprint density at radius 2 is 2.16 bits per heavy atom. The Kier molecular flexibility index (Phi) is 9.95. The van der Waals surface area contributed by atoms with Gasteiger partial charge in [0.15, 0.2) is 17.6 Å². The molecule has 1 saturated heterocycles. The van der Waals surface area contributed by atoms with Crippen LogP contribution >= 0.6 is 24.0 Å². The molecule has 2 heterocycles. The minimum atomic E-state index is -0.447. The zero-order valence-corrected chi connectivity index (χ0v) is 20.8. The lowest BCUT2D eigenvalue weighted by atomic mass is 10.1. The Morgan fingerprint density at radius 1 is 1.34 bits per heavy atom. The molecule has 3 rings (SSSR count). The number of esters is 1. The van der Waals surface area contributed by atoms with Crippen LogP contribution in [0.1, 0.15) is 29.3 Å². The highest BCUT2D eigenvalue weighted by molar-refractivity contribution is 14.0. The zero-order chi connectivity index (χ0) is 22.2. The average Bonchev–Trinajstić information content (AvgIpc) is 3.25. The molecule has 1 aromatic carbocycles. The third-order valence-corrected chi connectivity index (χ3v) is 5.00. The lowest BCUT2D eigenvalue weighted by Gasteiger charge is -2.20. The van der Waals surface area contributed by atoms with Crippen LogP contribution in [0.3, 0.4) is 0 Å². The molecule has 0 radical (unpaired) electrons. The molecule has 1 unspecified atom stereocenters. The third-order valence-electron chi connectivity index (χ3n) is 5.00. The number of rotatable bonds is 7. The van der Waals surface area contributed by atoms with E-state index in [-0.39, 0.29) is 35.8 Å². The number of pyridine rings is 1. The number of hydrogen-bond acceptors (Lipinski definition) is 6. The highest BCUT2D eigenvalue weighted by Gasteiger charge is 2.26. The van der Waals surface area contributed by atoms with Crippen LogP contribution in [-0.4, -0.2) is 56.8 Å². The summed E-state index contributed by atoms with van der Waals surface area (Å²) in [4.78, 5) is 22.6. The van der Waals surface area contributed by atoms with Crippen molar-refractivity contribution in [3.05, 3.63) is 53.5 Å². The molecular weight excluding hydrogens is 528 g/mol. The van der Waals surface area contributed by atoms with Gasteiger partial charge in [0.25, 0.3) is 0 Å². The van der Waals surface area contributed by atoms with E-state index < -0.39 is 5.97 Å². The van der Waals surface area contributed by atoms with Gasteiger partial charge in [-0.2, -0.15) is 0 Å². The molecule has 0 bridgehead atoms. The molecule has 1 aromatic heterocycles. The van der Waals surface area contributed by atoms with Gasteiger partial charge in [0.1, 0.15) is 11.3 Å². The number of guanidine groups is 1. The minimum absolute atomic E-state index is 0. The number of methoxy groups -OCH3 is 2. The number of hydrogen-bond donors (Lipinski definition) is 2. The second-order valence-corrected chi connectivity index (χ2v) is 7.11. The molecule has 0 spiro atoms. The van der Waals surface area contributed by atoms with E-state index in [2.05, 4.69) is 20.6 Å². The van der Waals surface area contributed by atoms with E-state index in [9.17, 15) is 9.18 Å². The number of halogens is 2. The van der Waals surface area contributed by atoms with Gasteiger partial charge in [-0.05, 0) is 43.2 Å². The Bertz CT molecular complexity index is 944. The van der Waals surface area contributed by atoms with Crippen molar-refractivity contribution in [3.8, 4) is 5.75 Å². The van der Waals surface area contributed by atoms with Crippen LogP contribution < -0.4 is 20.3 Å². The monoisotopic (exact) mass is 557 g/mol. The Balaban J connectivity index is 0.00000363. The van der Waals surface area contributed by atoms with E-state index >= 15 is 0 Å². The normalized spacial score (nSPS) is 15.7. The largest absolute Gasteiger partial charge is 0.496 e. The average molecular weight is 557 g/mol. The van der Waals surface area contributed by atoms with Gasteiger partial charge < -0.3 is 25.0 Å². The first-order chi connectivity index (χ1) is 15.0. The quantitative estimate of drug-likeness (QED) is 0.234. The maximum Gasteiger partial charge on any atom is 0.341 e. The summed E-state index contributed by atoms with van der Waals surface area (Å²) in [6.07, 6.45) is 2.45. The summed E-state index contributed by atoms with van der Waals surface area (Å²) >= 11 is 0. The van der Waals surface area contributed by atoms with Crippen LogP contribution in [0, 0.1) is 5.82 Å². The number of benzene rings is 1. The van der Waals surface area contributed by atoms with Crippen LogP contribution in [0.5, 0.6) is 5.75 Å². The molecule has 32 heavy (non-hydrogen) atoms. The number of aliphatic imine (C=N–C) groups is 1. The van der Waals surface area contributed by atoms with Gasteiger partial charge in [-0.1, -0.05) is 6.07 Å². The fourth-order valence-corrected chi connectivity index (χ4v) is 3.48. The zero-order valence-electron chi connectivity index (χ0n) is 18.4. The molecule has 1 aliphatic heterocycles. The predicted molar refractivity (Wildman–Crippen MR) is 133 cm³/mol. The van der Waals surface area contributed by atoms with E-state index in [0.29, 0.717) is 42.7 Å². The number of carbonyl (C=O) groups excluding carboxylic acids is 1. The van der Waals surface area contributed by atoms with E-state index in [1.54, 1.807) is 24.4 Å². The van der Waals surface area contributed by atoms with Gasteiger partial charge in [-0.15, -0.1) is 24.0 Å². The lowest BCUT2D eigenvalue weighted by molar-refractivity contribution is 0.0597. The summed E-state index contributed by atoms with van der Waals surface area (Å²) in [6.45, 7) is 4.47. The smallest absolute Gasteiger partial charge is 0.341 e. The highest BCUT2D eigenvalue weighted by Crippen LogP contribution is 2.22. The molecule has 1 atom stereocenters. The summed E-state index contributed by atoms with van der Waals surface area (Å²) in [5.41, 5.74) is 1.26. The fraction of sp³-hybridized carbons (Fsp3) is 0.409. The maximum absolute atomic E-state index is 14.0. The molecule has 0 amide bonds. The Hall–Kier alpha value is -2.63. The summed E-state index contributed by atoms with van der Waals surface area (Å²) in [6, 6.07) is 8.41. The van der Waals surface area contributed by atoms with Crippen molar-refractivity contribution in [3.63, 3.8) is 0 Å². The first-order valence-corrected chi connectivity index (χ1v) is 10.2. The summed E-state index contributed by atoms with van der Waals surface area (Å²) in [5, 5.41) is 6.65. The van der Waals surface area contributed by atoms with Crippen LogP contribution in [0.15, 0.2) is 41.5 Å². The standard InChI is InChI=1S/C22H28FN5O3.HI/c1-4-24-22(26-13-15-7-8-17(21(29)31-3)19(12-15)30-2)27-16-9-11-28(14-16)20-18(23)6-5-10-25-20;/h5-8,10,12,16H,4,9,11,13-14H2,1-3H3,(H2,24,26,27);1H. The minimum Gasteiger partial charge on any atom is -0.496 e. The van der Waals surface area contributed by atoms with Gasteiger partial charge in [0, 0.05) is 31.9 Å². The molecule has 174 valence electrons. The Morgan fingerprint density at radius 3 is 2.84 bits per heavy atom. The molecular formula is C22H29FIN5O3. The molecule has 8 nitrogen and oxygen atoms in total. The molecule has 1 aliphatic rings. The Labute approximate surface area is 204 Å². The molecule has 2 N–H and O–H groups in total. The predicted octanol–water partition coefficient (Wildman–Crippen LogP) is 2.97. The summed E-state index contributed by atoms with van der Waals surface area (Å²) in [7, 11) is 2.84. The molecule has 1 fully saturated rings. The van der Waals surface area contributed by atoms with Crippen LogP contribution in [0.2, 0.25) is 0 Å². The topological polar surface area (TPSA) is 88.1 Å². The number of nitrogens with one attached hydrogen (secondary N) is 2. The van der Waals surface area contributed by atoms with Gasteiger partial charge >= 0.3 is 5.97 Å². The van der Waals surface area contributed by atoms with Gasteiger partial charge in [-0.25, -0.2) is 19.2 Å². The van der Waals surface area contributed by atoms with Crippen molar-refractivity contribution < 1.29 is 18.7 Å². The molecule has 10 heteroatoms. The lowest BCUT2D eigenvalue weighted by Crippen LogP contribution is -2.44. The first-order valence-electron chi connectivity index (χ1n) is 10.2. The number of carbonyl (C=O) groups is 1. The van der Waals surface area contributed by atoms with Crippen molar-refractivity contribution >= 4 is 41.7 Å². The van der Waals surface area contributed by atoms with Crippen molar-refractivity contribution in [1.82, 2.24) is 15.6 Å². The van der Waals surface area contributed by atoms with Crippen molar-refractivity contribution in [2.45, 2.75) is 25.9 Å².